The van der Waals surface area contributed by atoms with Crippen LogP contribution in [-0.2, 0) is 16.1 Å². The second-order valence-electron chi connectivity index (χ2n) is 9.37. The van der Waals surface area contributed by atoms with E-state index in [-0.39, 0.29) is 17.0 Å². The monoisotopic (exact) mass is 475 g/mol. The van der Waals surface area contributed by atoms with Gasteiger partial charge in [-0.05, 0) is 49.4 Å². The lowest BCUT2D eigenvalue weighted by molar-refractivity contribution is -0.132. The Bertz CT molecular complexity index is 921. The molecule has 9 heteroatoms. The van der Waals surface area contributed by atoms with E-state index in [4.69, 9.17) is 4.74 Å². The molecule has 0 spiro atoms. The molecule has 7 nitrogen and oxygen atoms in total. The number of thioether (sulfide) groups is 1. The number of benzene rings is 1. The predicted octanol–water partition coefficient (Wildman–Crippen LogP) is 3.40. The molecule has 0 N–H and O–H groups in total. The number of likely N-dealkylation sites (tertiary alicyclic amines) is 1. The van der Waals surface area contributed by atoms with Gasteiger partial charge in [-0.15, -0.1) is 10.2 Å². The molecule has 1 aromatic heterocycles. The average molecular weight is 476 g/mol. The van der Waals surface area contributed by atoms with Crippen LogP contribution in [0.4, 0.5) is 4.39 Å². The molecule has 180 valence electrons. The van der Waals surface area contributed by atoms with Crippen molar-refractivity contribution in [1.29, 1.82) is 0 Å². The molecule has 2 aliphatic rings. The van der Waals surface area contributed by atoms with Crippen LogP contribution in [0.15, 0.2) is 29.4 Å². The van der Waals surface area contributed by atoms with Crippen molar-refractivity contribution >= 4 is 17.7 Å². The van der Waals surface area contributed by atoms with E-state index in [2.05, 4.69) is 33.5 Å². The van der Waals surface area contributed by atoms with Crippen LogP contribution < -0.4 is 0 Å². The van der Waals surface area contributed by atoms with Gasteiger partial charge in [0, 0.05) is 44.8 Å². The largest absolute Gasteiger partial charge is 0.379 e. The van der Waals surface area contributed by atoms with E-state index in [9.17, 15) is 9.18 Å². The van der Waals surface area contributed by atoms with Gasteiger partial charge in [-0.1, -0.05) is 25.6 Å². The third-order valence-electron chi connectivity index (χ3n) is 6.37. The summed E-state index contributed by atoms with van der Waals surface area (Å²) in [4.78, 5) is 17.6. The number of nitrogens with zero attached hydrogens (tertiary/aromatic N) is 5. The molecule has 2 fully saturated rings. The number of hydrogen-bond acceptors (Lipinski definition) is 6. The molecular weight excluding hydrogens is 441 g/mol. The number of carbonyl (C=O) groups is 1. The summed E-state index contributed by atoms with van der Waals surface area (Å²) < 4.78 is 21.0. The van der Waals surface area contributed by atoms with Gasteiger partial charge in [0.2, 0.25) is 5.91 Å². The summed E-state index contributed by atoms with van der Waals surface area (Å²) in [6.07, 6.45) is 1.17. The van der Waals surface area contributed by atoms with E-state index < -0.39 is 0 Å². The lowest BCUT2D eigenvalue weighted by atomic mass is 9.92. The Kier molecular flexibility index (Phi) is 8.03. The molecule has 3 unspecified atom stereocenters. The van der Waals surface area contributed by atoms with Crippen molar-refractivity contribution in [2.45, 2.75) is 44.1 Å². The van der Waals surface area contributed by atoms with Gasteiger partial charge >= 0.3 is 0 Å². The SMILES string of the molecule is CC1CC(C)CN(C(=O)C(C)Sc2nnc(-c3ccc(F)cc3)n2CCN2CCOCC2)C1. The highest BCUT2D eigenvalue weighted by Crippen LogP contribution is 2.29. The van der Waals surface area contributed by atoms with Crippen molar-refractivity contribution in [2.24, 2.45) is 11.8 Å². The first-order chi connectivity index (χ1) is 15.9. The molecule has 0 bridgehead atoms. The third-order valence-corrected chi connectivity index (χ3v) is 7.44. The minimum atomic E-state index is -0.281. The minimum Gasteiger partial charge on any atom is -0.379 e. The van der Waals surface area contributed by atoms with Crippen LogP contribution in [0.25, 0.3) is 11.4 Å². The van der Waals surface area contributed by atoms with Crippen molar-refractivity contribution in [3.05, 3.63) is 30.1 Å². The predicted molar refractivity (Wildman–Crippen MR) is 128 cm³/mol. The van der Waals surface area contributed by atoms with Gasteiger partial charge < -0.3 is 14.2 Å². The number of ether oxygens (including phenoxy) is 1. The fraction of sp³-hybridized carbons (Fsp3) is 0.625. The number of hydrogen-bond donors (Lipinski definition) is 0. The van der Waals surface area contributed by atoms with Crippen molar-refractivity contribution in [3.63, 3.8) is 0 Å². The molecule has 3 atom stereocenters. The van der Waals surface area contributed by atoms with Crippen LogP contribution in [0.3, 0.4) is 0 Å². The van der Waals surface area contributed by atoms with E-state index in [1.807, 2.05) is 11.8 Å². The van der Waals surface area contributed by atoms with Crippen LogP contribution in [0.5, 0.6) is 0 Å². The van der Waals surface area contributed by atoms with E-state index in [1.54, 1.807) is 12.1 Å². The van der Waals surface area contributed by atoms with Crippen molar-refractivity contribution < 1.29 is 13.9 Å². The molecule has 4 rings (SSSR count). The molecule has 0 saturated carbocycles. The zero-order chi connectivity index (χ0) is 23.4. The smallest absolute Gasteiger partial charge is 0.235 e. The lowest BCUT2D eigenvalue weighted by Crippen LogP contribution is -2.45. The van der Waals surface area contributed by atoms with Gasteiger partial charge in [-0.3, -0.25) is 9.69 Å². The highest BCUT2D eigenvalue weighted by molar-refractivity contribution is 8.00. The fourth-order valence-electron chi connectivity index (χ4n) is 4.76. The Morgan fingerprint density at radius 1 is 1.12 bits per heavy atom. The number of aromatic nitrogens is 3. The average Bonchev–Trinajstić information content (AvgIpc) is 3.20. The van der Waals surface area contributed by atoms with Gasteiger partial charge in [0.05, 0.1) is 18.5 Å². The molecule has 33 heavy (non-hydrogen) atoms. The standard InChI is InChI=1S/C24H34FN5O2S/c1-17-14-18(2)16-29(15-17)23(31)19(3)33-24-27-26-22(20-4-6-21(25)7-5-20)30(24)9-8-28-10-12-32-13-11-28/h4-7,17-19H,8-16H2,1-3H3. The number of morpholine rings is 1. The minimum absolute atomic E-state index is 0.157. The topological polar surface area (TPSA) is 63.5 Å². The summed E-state index contributed by atoms with van der Waals surface area (Å²) in [7, 11) is 0. The number of amides is 1. The maximum absolute atomic E-state index is 13.5. The van der Waals surface area contributed by atoms with Gasteiger partial charge in [0.25, 0.3) is 0 Å². The zero-order valence-electron chi connectivity index (χ0n) is 19.7. The quantitative estimate of drug-likeness (QED) is 0.572. The first kappa shape index (κ1) is 24.2. The van der Waals surface area contributed by atoms with E-state index in [1.165, 1.54) is 30.3 Å². The zero-order valence-corrected chi connectivity index (χ0v) is 20.6. The molecule has 0 radical (unpaired) electrons. The number of carbonyl (C=O) groups excluding carboxylic acids is 1. The van der Waals surface area contributed by atoms with Gasteiger partial charge in [0.1, 0.15) is 5.82 Å². The second-order valence-corrected chi connectivity index (χ2v) is 10.7. The van der Waals surface area contributed by atoms with E-state index in [0.717, 1.165) is 56.7 Å². The van der Waals surface area contributed by atoms with Crippen LogP contribution >= 0.6 is 11.8 Å². The molecule has 2 aromatic rings. The molecule has 1 aromatic carbocycles. The Labute approximate surface area is 199 Å². The van der Waals surface area contributed by atoms with Crippen molar-refractivity contribution in [3.8, 4) is 11.4 Å². The summed E-state index contributed by atoms with van der Waals surface area (Å²) in [5.41, 5.74) is 0.815. The summed E-state index contributed by atoms with van der Waals surface area (Å²) >= 11 is 1.46. The fourth-order valence-corrected chi connectivity index (χ4v) is 5.72. The number of piperidine rings is 1. The Hall–Kier alpha value is -1.97. The van der Waals surface area contributed by atoms with Crippen molar-refractivity contribution in [2.75, 3.05) is 45.9 Å². The molecule has 0 aliphatic carbocycles. The molecular formula is C24H34FN5O2S. The summed E-state index contributed by atoms with van der Waals surface area (Å²) in [5.74, 6) is 1.63. The number of rotatable bonds is 7. The Morgan fingerprint density at radius 3 is 2.45 bits per heavy atom. The van der Waals surface area contributed by atoms with Crippen LogP contribution in [0, 0.1) is 17.7 Å². The first-order valence-corrected chi connectivity index (χ1v) is 12.7. The Balaban J connectivity index is 1.52. The maximum Gasteiger partial charge on any atom is 0.235 e. The molecule has 2 aliphatic heterocycles. The first-order valence-electron chi connectivity index (χ1n) is 11.9. The third kappa shape index (κ3) is 6.13. The van der Waals surface area contributed by atoms with Crippen molar-refractivity contribution in [1.82, 2.24) is 24.6 Å². The van der Waals surface area contributed by atoms with Crippen LogP contribution in [0.2, 0.25) is 0 Å². The lowest BCUT2D eigenvalue weighted by Gasteiger charge is -2.36. The summed E-state index contributed by atoms with van der Waals surface area (Å²) in [6, 6.07) is 6.33. The molecule has 2 saturated heterocycles. The van der Waals surface area contributed by atoms with Gasteiger partial charge in [-0.25, -0.2) is 4.39 Å². The molecule has 1 amide bonds. The molecule has 3 heterocycles. The second kappa shape index (κ2) is 11.0. The summed E-state index contributed by atoms with van der Waals surface area (Å²) in [5, 5.41) is 9.34. The van der Waals surface area contributed by atoms with Crippen LogP contribution in [-0.4, -0.2) is 81.7 Å². The highest BCUT2D eigenvalue weighted by atomic mass is 32.2. The highest BCUT2D eigenvalue weighted by Gasteiger charge is 2.30. The summed E-state index contributed by atoms with van der Waals surface area (Å²) in [6.45, 7) is 12.8. The van der Waals surface area contributed by atoms with Crippen LogP contribution in [0.1, 0.15) is 27.2 Å². The number of halogens is 1. The Morgan fingerprint density at radius 2 is 1.79 bits per heavy atom. The van der Waals surface area contributed by atoms with Gasteiger partial charge in [0.15, 0.2) is 11.0 Å². The normalized spacial score (nSPS) is 23.0. The van der Waals surface area contributed by atoms with E-state index in [0.29, 0.717) is 24.2 Å². The van der Waals surface area contributed by atoms with E-state index >= 15 is 0 Å². The maximum atomic E-state index is 13.5. The van der Waals surface area contributed by atoms with Gasteiger partial charge in [-0.2, -0.15) is 0 Å².